The van der Waals surface area contributed by atoms with Gasteiger partial charge in [-0.05, 0) is 24.3 Å². The summed E-state index contributed by atoms with van der Waals surface area (Å²) in [6.07, 6.45) is 1.77. The van der Waals surface area contributed by atoms with Crippen LogP contribution in [0.3, 0.4) is 0 Å². The van der Waals surface area contributed by atoms with Gasteiger partial charge in [-0.1, -0.05) is 30.3 Å². The van der Waals surface area contributed by atoms with E-state index >= 15 is 0 Å². The number of ether oxygens (including phenoxy) is 1. The molecule has 1 heterocycles. The van der Waals surface area contributed by atoms with Crippen molar-refractivity contribution >= 4 is 17.8 Å². The average Bonchev–Trinajstić information content (AvgIpc) is 3.15. The third-order valence-corrected chi connectivity index (χ3v) is 4.48. The zero-order chi connectivity index (χ0) is 21.5. The number of carbonyl (C=O) groups excluding carboxylic acids is 2. The number of anilines is 1. The molecule has 0 aliphatic rings. The zero-order valence-electron chi connectivity index (χ0n) is 16.8. The molecule has 0 saturated heterocycles. The van der Waals surface area contributed by atoms with Gasteiger partial charge in [-0.2, -0.15) is 0 Å². The first-order chi connectivity index (χ1) is 14.5. The lowest BCUT2D eigenvalue weighted by Gasteiger charge is -2.20. The van der Waals surface area contributed by atoms with Crippen molar-refractivity contribution in [2.45, 2.75) is 6.92 Å². The van der Waals surface area contributed by atoms with Crippen LogP contribution >= 0.6 is 0 Å². The first-order valence-electron chi connectivity index (χ1n) is 9.43. The molecule has 0 aliphatic carbocycles. The predicted octanol–water partition coefficient (Wildman–Crippen LogP) is 3.11. The molecular weight excluding hydrogens is 387 g/mol. The number of nitrogens with one attached hydrogen (secondary N) is 1. The highest BCUT2D eigenvalue weighted by Gasteiger charge is 2.17. The van der Waals surface area contributed by atoms with Crippen LogP contribution in [0.25, 0.3) is 16.9 Å². The van der Waals surface area contributed by atoms with Crippen LogP contribution in [0.5, 0.6) is 0 Å². The number of aromatic nitrogens is 2. The quantitative estimate of drug-likeness (QED) is 0.619. The van der Waals surface area contributed by atoms with E-state index in [1.54, 1.807) is 22.9 Å². The Morgan fingerprint density at radius 2 is 1.83 bits per heavy atom. The number of hydrogen-bond acceptors (Lipinski definition) is 4. The minimum absolute atomic E-state index is 0.129. The Hall–Kier alpha value is -3.52. The molecule has 0 spiro atoms. The van der Waals surface area contributed by atoms with Gasteiger partial charge in [0.2, 0.25) is 17.8 Å². The van der Waals surface area contributed by atoms with Crippen molar-refractivity contribution in [1.82, 2.24) is 14.5 Å². The van der Waals surface area contributed by atoms with E-state index in [4.69, 9.17) is 4.74 Å². The maximum atomic E-state index is 13.4. The lowest BCUT2D eigenvalue weighted by atomic mass is 10.2. The summed E-state index contributed by atoms with van der Waals surface area (Å²) in [4.78, 5) is 30.3. The minimum Gasteiger partial charge on any atom is -0.383 e. The molecule has 8 heteroatoms. The summed E-state index contributed by atoms with van der Waals surface area (Å²) in [5, 5.41) is 2.76. The van der Waals surface area contributed by atoms with Crippen LogP contribution in [0.1, 0.15) is 6.92 Å². The highest BCUT2D eigenvalue weighted by Crippen LogP contribution is 2.24. The number of rotatable bonds is 8. The monoisotopic (exact) mass is 410 g/mol. The molecule has 0 atom stereocenters. The van der Waals surface area contributed by atoms with Gasteiger partial charge in [0.15, 0.2) is 0 Å². The summed E-state index contributed by atoms with van der Waals surface area (Å²) in [6, 6.07) is 15.4. The number of amides is 2. The largest absolute Gasteiger partial charge is 0.383 e. The minimum atomic E-state index is -0.394. The van der Waals surface area contributed by atoms with Crippen molar-refractivity contribution < 1.29 is 18.7 Å². The number of nitrogens with zero attached hydrogens (tertiary/aromatic N) is 3. The molecule has 7 nitrogen and oxygen atoms in total. The van der Waals surface area contributed by atoms with Crippen molar-refractivity contribution in [3.63, 3.8) is 0 Å². The third-order valence-electron chi connectivity index (χ3n) is 4.48. The molecule has 3 aromatic rings. The van der Waals surface area contributed by atoms with Crippen LogP contribution < -0.4 is 5.32 Å². The fourth-order valence-electron chi connectivity index (χ4n) is 2.90. The fourth-order valence-corrected chi connectivity index (χ4v) is 2.90. The van der Waals surface area contributed by atoms with Crippen molar-refractivity contribution in [3.8, 4) is 16.9 Å². The second kappa shape index (κ2) is 9.80. The van der Waals surface area contributed by atoms with E-state index in [1.165, 1.54) is 31.1 Å². The molecule has 0 radical (unpaired) electrons. The summed E-state index contributed by atoms with van der Waals surface area (Å²) in [5.74, 6) is -0.701. The molecule has 0 unspecified atom stereocenters. The van der Waals surface area contributed by atoms with Crippen molar-refractivity contribution in [3.05, 3.63) is 66.6 Å². The molecule has 0 fully saturated rings. The van der Waals surface area contributed by atoms with Gasteiger partial charge in [0.1, 0.15) is 12.4 Å². The first-order valence-corrected chi connectivity index (χ1v) is 9.43. The van der Waals surface area contributed by atoms with Crippen molar-refractivity contribution in [2.75, 3.05) is 32.1 Å². The fraction of sp³-hybridized carbons (Fsp3) is 0.227. The number of benzene rings is 2. The molecule has 1 aromatic heterocycles. The van der Waals surface area contributed by atoms with Crippen LogP contribution in [-0.2, 0) is 14.3 Å². The van der Waals surface area contributed by atoms with E-state index in [1.807, 2.05) is 30.3 Å². The van der Waals surface area contributed by atoms with E-state index in [0.717, 1.165) is 5.56 Å². The van der Waals surface area contributed by atoms with Crippen LogP contribution in [0.15, 0.2) is 60.8 Å². The van der Waals surface area contributed by atoms with Gasteiger partial charge in [-0.25, -0.2) is 9.37 Å². The summed E-state index contributed by atoms with van der Waals surface area (Å²) >= 11 is 0. The third kappa shape index (κ3) is 5.30. The maximum Gasteiger partial charge on any atom is 0.246 e. The standard InChI is InChI=1S/C22H23FN4O3/c1-16(28)26(12-13-30-2)15-21(29)25-22-24-20(17-6-4-3-5-7-17)14-27(22)19-10-8-18(23)9-11-19/h3-11,14H,12-13,15H2,1-2H3,(H,24,25,29). The number of halogens is 1. The molecule has 1 N–H and O–H groups in total. The van der Waals surface area contributed by atoms with Crippen LogP contribution in [0, 0.1) is 5.82 Å². The summed E-state index contributed by atoms with van der Waals surface area (Å²) in [7, 11) is 1.53. The van der Waals surface area contributed by atoms with Crippen LogP contribution in [0.2, 0.25) is 0 Å². The van der Waals surface area contributed by atoms with Crippen molar-refractivity contribution in [1.29, 1.82) is 0 Å². The summed E-state index contributed by atoms with van der Waals surface area (Å²) in [5.41, 5.74) is 2.17. The molecule has 30 heavy (non-hydrogen) atoms. The summed E-state index contributed by atoms with van der Waals surface area (Å²) in [6.45, 7) is 1.90. The molecule has 0 bridgehead atoms. The highest BCUT2D eigenvalue weighted by atomic mass is 19.1. The Balaban J connectivity index is 1.88. The molecule has 3 rings (SSSR count). The van der Waals surface area contributed by atoms with E-state index in [0.29, 0.717) is 24.5 Å². The van der Waals surface area contributed by atoms with Gasteiger partial charge in [-0.15, -0.1) is 0 Å². The lowest BCUT2D eigenvalue weighted by Crippen LogP contribution is -2.38. The van der Waals surface area contributed by atoms with Gasteiger partial charge < -0.3 is 9.64 Å². The Labute approximate surface area is 174 Å². The predicted molar refractivity (Wildman–Crippen MR) is 112 cm³/mol. The molecule has 156 valence electrons. The van der Waals surface area contributed by atoms with Gasteiger partial charge >= 0.3 is 0 Å². The Kier molecular flexibility index (Phi) is 6.92. The molecule has 2 amide bonds. The first kappa shape index (κ1) is 21.2. The van der Waals surface area contributed by atoms with Crippen LogP contribution in [0.4, 0.5) is 10.3 Å². The zero-order valence-corrected chi connectivity index (χ0v) is 16.8. The maximum absolute atomic E-state index is 13.4. The van der Waals surface area contributed by atoms with Gasteiger partial charge in [0.05, 0.1) is 12.3 Å². The molecule has 0 saturated carbocycles. The van der Waals surface area contributed by atoms with E-state index in [2.05, 4.69) is 10.3 Å². The highest BCUT2D eigenvalue weighted by molar-refractivity contribution is 5.93. The van der Waals surface area contributed by atoms with Gasteiger partial charge in [-0.3, -0.25) is 19.5 Å². The summed E-state index contributed by atoms with van der Waals surface area (Å²) < 4.78 is 20.0. The SMILES string of the molecule is COCCN(CC(=O)Nc1nc(-c2ccccc2)cn1-c1ccc(F)cc1)C(C)=O. The van der Waals surface area contributed by atoms with Crippen molar-refractivity contribution in [2.24, 2.45) is 0 Å². The Bertz CT molecular complexity index is 1000. The van der Waals surface area contributed by atoms with Gasteiger partial charge in [0.25, 0.3) is 0 Å². The number of hydrogen-bond donors (Lipinski definition) is 1. The van der Waals surface area contributed by atoms with E-state index < -0.39 is 5.91 Å². The van der Waals surface area contributed by atoms with Crippen LogP contribution in [-0.4, -0.2) is 53.1 Å². The second-order valence-electron chi connectivity index (χ2n) is 6.64. The second-order valence-corrected chi connectivity index (χ2v) is 6.64. The number of carbonyl (C=O) groups is 2. The van der Waals surface area contributed by atoms with E-state index in [9.17, 15) is 14.0 Å². The molecule has 2 aromatic carbocycles. The average molecular weight is 410 g/mol. The molecular formula is C22H23FN4O3. The molecule has 0 aliphatic heterocycles. The number of methoxy groups -OCH3 is 1. The lowest BCUT2D eigenvalue weighted by molar-refractivity contribution is -0.133. The Morgan fingerprint density at radius 1 is 1.13 bits per heavy atom. The topological polar surface area (TPSA) is 76.5 Å². The number of imidazole rings is 1. The normalized spacial score (nSPS) is 10.6. The smallest absolute Gasteiger partial charge is 0.246 e. The Morgan fingerprint density at radius 3 is 2.47 bits per heavy atom. The van der Waals surface area contributed by atoms with E-state index in [-0.39, 0.29) is 24.2 Å². The van der Waals surface area contributed by atoms with Gasteiger partial charge in [0, 0.05) is 38.0 Å².